The van der Waals surface area contributed by atoms with Gasteiger partial charge < -0.3 is 5.73 Å². The average molecular weight is 260 g/mol. The van der Waals surface area contributed by atoms with Gasteiger partial charge >= 0.3 is 0 Å². The number of thioether (sulfide) groups is 1. The number of rotatable bonds is 3. The van der Waals surface area contributed by atoms with E-state index < -0.39 is 0 Å². The lowest BCUT2D eigenvalue weighted by Gasteiger charge is -2.26. The van der Waals surface area contributed by atoms with E-state index in [0.717, 1.165) is 24.2 Å². The highest BCUT2D eigenvalue weighted by molar-refractivity contribution is 8.00. The van der Waals surface area contributed by atoms with Gasteiger partial charge in [-0.15, -0.1) is 0 Å². The lowest BCUT2D eigenvalue weighted by Crippen LogP contribution is -2.34. The van der Waals surface area contributed by atoms with Gasteiger partial charge in [0.1, 0.15) is 5.82 Å². The highest BCUT2D eigenvalue weighted by Gasteiger charge is 2.33. The molecular weight excluding hydrogens is 245 g/mol. The van der Waals surface area contributed by atoms with Crippen LogP contribution in [-0.2, 0) is 6.42 Å². The SMILES string of the molecule is NCC1(Cc2ccc(Cl)c(F)c2)CCCS1. The Kier molecular flexibility index (Phi) is 3.77. The van der Waals surface area contributed by atoms with Crippen LogP contribution in [-0.4, -0.2) is 17.0 Å². The summed E-state index contributed by atoms with van der Waals surface area (Å²) in [4.78, 5) is 0. The number of hydrogen-bond donors (Lipinski definition) is 1. The second-order valence-electron chi connectivity index (χ2n) is 4.26. The van der Waals surface area contributed by atoms with Gasteiger partial charge in [0.2, 0.25) is 0 Å². The third-order valence-corrected chi connectivity index (χ3v) is 4.99. The van der Waals surface area contributed by atoms with Gasteiger partial charge in [-0.2, -0.15) is 11.8 Å². The van der Waals surface area contributed by atoms with E-state index in [0.29, 0.717) is 6.54 Å². The zero-order chi connectivity index (χ0) is 11.6. The molecule has 16 heavy (non-hydrogen) atoms. The molecule has 4 heteroatoms. The minimum atomic E-state index is -0.339. The predicted molar refractivity (Wildman–Crippen MR) is 68.6 cm³/mol. The molecule has 88 valence electrons. The molecule has 0 saturated carbocycles. The molecule has 1 aromatic carbocycles. The molecule has 1 atom stereocenters. The van der Waals surface area contributed by atoms with Crippen molar-refractivity contribution in [2.75, 3.05) is 12.3 Å². The van der Waals surface area contributed by atoms with Crippen molar-refractivity contribution in [3.05, 3.63) is 34.6 Å². The summed E-state index contributed by atoms with van der Waals surface area (Å²) in [5.74, 6) is 0.821. The summed E-state index contributed by atoms with van der Waals surface area (Å²) in [6, 6.07) is 5.04. The van der Waals surface area contributed by atoms with Crippen molar-refractivity contribution in [2.24, 2.45) is 5.73 Å². The summed E-state index contributed by atoms with van der Waals surface area (Å²) < 4.78 is 13.4. The highest BCUT2D eigenvalue weighted by atomic mass is 35.5. The molecule has 1 saturated heterocycles. The first-order chi connectivity index (χ1) is 7.65. The van der Waals surface area contributed by atoms with E-state index >= 15 is 0 Å². The molecule has 0 radical (unpaired) electrons. The fourth-order valence-electron chi connectivity index (χ4n) is 2.15. The molecule has 1 unspecified atom stereocenters. The minimum Gasteiger partial charge on any atom is -0.329 e. The molecule has 0 spiro atoms. The van der Waals surface area contributed by atoms with Crippen molar-refractivity contribution in [1.29, 1.82) is 0 Å². The van der Waals surface area contributed by atoms with Gasteiger partial charge in [0.15, 0.2) is 0 Å². The molecule has 1 aliphatic heterocycles. The normalized spacial score (nSPS) is 24.9. The molecule has 1 aliphatic rings. The molecule has 0 amide bonds. The first kappa shape index (κ1) is 12.2. The molecular formula is C12H15ClFNS. The molecule has 2 N–H and O–H groups in total. The second-order valence-corrected chi connectivity index (χ2v) is 6.23. The Hall–Kier alpha value is -0.250. The number of benzene rings is 1. The standard InChI is InChI=1S/C12H15ClFNS/c13-10-3-2-9(6-11(10)14)7-12(8-15)4-1-5-16-12/h2-3,6H,1,4-5,7-8,15H2. The van der Waals surface area contributed by atoms with E-state index in [2.05, 4.69) is 0 Å². The fraction of sp³-hybridized carbons (Fsp3) is 0.500. The van der Waals surface area contributed by atoms with Gasteiger partial charge in [-0.3, -0.25) is 0 Å². The summed E-state index contributed by atoms with van der Waals surface area (Å²) in [7, 11) is 0. The zero-order valence-electron chi connectivity index (χ0n) is 9.01. The average Bonchev–Trinajstić information content (AvgIpc) is 2.73. The fourth-order valence-corrected chi connectivity index (χ4v) is 3.66. The zero-order valence-corrected chi connectivity index (χ0v) is 10.6. The van der Waals surface area contributed by atoms with Crippen LogP contribution in [0.3, 0.4) is 0 Å². The Bertz CT molecular complexity index is 377. The number of nitrogens with two attached hydrogens (primary N) is 1. The monoisotopic (exact) mass is 259 g/mol. The van der Waals surface area contributed by atoms with Crippen molar-refractivity contribution in [2.45, 2.75) is 24.0 Å². The van der Waals surface area contributed by atoms with E-state index in [1.54, 1.807) is 6.07 Å². The van der Waals surface area contributed by atoms with Gasteiger partial charge in [-0.1, -0.05) is 17.7 Å². The van der Waals surface area contributed by atoms with Crippen molar-refractivity contribution >= 4 is 23.4 Å². The van der Waals surface area contributed by atoms with E-state index in [1.807, 2.05) is 17.8 Å². The van der Waals surface area contributed by atoms with Crippen LogP contribution in [0.2, 0.25) is 5.02 Å². The summed E-state index contributed by atoms with van der Waals surface area (Å²) in [5, 5.41) is 0.185. The number of halogens is 2. The van der Waals surface area contributed by atoms with Gasteiger partial charge in [0, 0.05) is 11.3 Å². The Labute approximate surface area is 105 Å². The van der Waals surface area contributed by atoms with Gasteiger partial charge in [-0.25, -0.2) is 4.39 Å². The maximum absolute atomic E-state index is 13.3. The van der Waals surface area contributed by atoms with Crippen LogP contribution in [0.4, 0.5) is 4.39 Å². The van der Waals surface area contributed by atoms with Crippen LogP contribution in [0.15, 0.2) is 18.2 Å². The van der Waals surface area contributed by atoms with E-state index in [4.69, 9.17) is 17.3 Å². The molecule has 0 bridgehead atoms. The van der Waals surface area contributed by atoms with Crippen molar-refractivity contribution < 1.29 is 4.39 Å². The van der Waals surface area contributed by atoms with Crippen LogP contribution in [0.5, 0.6) is 0 Å². The maximum Gasteiger partial charge on any atom is 0.142 e. The van der Waals surface area contributed by atoms with Crippen LogP contribution in [0.25, 0.3) is 0 Å². The van der Waals surface area contributed by atoms with Gasteiger partial charge in [-0.05, 0) is 42.7 Å². The van der Waals surface area contributed by atoms with Crippen LogP contribution < -0.4 is 5.73 Å². The Morgan fingerprint density at radius 1 is 1.50 bits per heavy atom. The van der Waals surface area contributed by atoms with Gasteiger partial charge in [0.05, 0.1) is 5.02 Å². The van der Waals surface area contributed by atoms with Gasteiger partial charge in [0.25, 0.3) is 0 Å². The molecule has 0 aliphatic carbocycles. The van der Waals surface area contributed by atoms with E-state index in [1.165, 1.54) is 12.5 Å². The van der Waals surface area contributed by atoms with Crippen LogP contribution >= 0.6 is 23.4 Å². The van der Waals surface area contributed by atoms with Crippen LogP contribution in [0.1, 0.15) is 18.4 Å². The Balaban J connectivity index is 2.16. The van der Waals surface area contributed by atoms with E-state index in [9.17, 15) is 4.39 Å². The molecule has 1 fully saturated rings. The molecule has 1 nitrogen and oxygen atoms in total. The highest BCUT2D eigenvalue weighted by Crippen LogP contribution is 2.40. The molecule has 1 aromatic rings. The summed E-state index contributed by atoms with van der Waals surface area (Å²) in [6.45, 7) is 0.655. The summed E-state index contributed by atoms with van der Waals surface area (Å²) in [6.07, 6.45) is 3.17. The summed E-state index contributed by atoms with van der Waals surface area (Å²) in [5.41, 5.74) is 6.83. The van der Waals surface area contributed by atoms with Crippen molar-refractivity contribution in [3.8, 4) is 0 Å². The Morgan fingerprint density at radius 2 is 2.31 bits per heavy atom. The minimum absolute atomic E-state index is 0.111. The van der Waals surface area contributed by atoms with Crippen LogP contribution in [0, 0.1) is 5.82 Å². The largest absolute Gasteiger partial charge is 0.329 e. The van der Waals surface area contributed by atoms with Crippen molar-refractivity contribution in [1.82, 2.24) is 0 Å². The lowest BCUT2D eigenvalue weighted by atomic mass is 9.94. The smallest absolute Gasteiger partial charge is 0.142 e. The van der Waals surface area contributed by atoms with E-state index in [-0.39, 0.29) is 15.6 Å². The molecule has 2 rings (SSSR count). The summed E-state index contributed by atoms with van der Waals surface area (Å²) >= 11 is 7.58. The lowest BCUT2D eigenvalue weighted by molar-refractivity contribution is 0.560. The second kappa shape index (κ2) is 4.94. The maximum atomic E-state index is 13.3. The first-order valence-electron chi connectivity index (χ1n) is 5.43. The quantitative estimate of drug-likeness (QED) is 0.902. The third-order valence-electron chi connectivity index (χ3n) is 3.07. The first-order valence-corrected chi connectivity index (χ1v) is 6.79. The topological polar surface area (TPSA) is 26.0 Å². The molecule has 1 heterocycles. The predicted octanol–water partition coefficient (Wildman–Crippen LogP) is 3.25. The van der Waals surface area contributed by atoms with Crippen molar-refractivity contribution in [3.63, 3.8) is 0 Å². The third kappa shape index (κ3) is 2.53. The molecule has 0 aromatic heterocycles. The Morgan fingerprint density at radius 3 is 2.88 bits per heavy atom. The number of hydrogen-bond acceptors (Lipinski definition) is 2.